The highest BCUT2D eigenvalue weighted by atomic mass is 32.1. The van der Waals surface area contributed by atoms with E-state index < -0.39 is 0 Å². The number of benzene rings is 2. The monoisotopic (exact) mass is 324 g/mol. The van der Waals surface area contributed by atoms with E-state index in [1.54, 1.807) is 16.6 Å². The largest absolute Gasteiger partial charge is 0.235 e. The van der Waals surface area contributed by atoms with Gasteiger partial charge in [-0.25, -0.2) is 4.39 Å². The molecular weight excluding hydrogens is 311 g/mol. The van der Waals surface area contributed by atoms with Crippen LogP contribution in [-0.2, 0) is 0 Å². The van der Waals surface area contributed by atoms with Crippen molar-refractivity contribution in [2.24, 2.45) is 0 Å². The molecule has 0 aliphatic carbocycles. The molecule has 2 heterocycles. The van der Waals surface area contributed by atoms with Crippen LogP contribution in [0, 0.1) is 19.7 Å². The molecule has 0 spiro atoms. The summed E-state index contributed by atoms with van der Waals surface area (Å²) >= 11 is 1.47. The van der Waals surface area contributed by atoms with E-state index >= 15 is 0 Å². The molecule has 2 aromatic heterocycles. The topological polar surface area (TPSA) is 43.1 Å². The quantitative estimate of drug-likeness (QED) is 0.553. The Morgan fingerprint density at radius 3 is 2.61 bits per heavy atom. The minimum Gasteiger partial charge on any atom is -0.207 e. The van der Waals surface area contributed by atoms with E-state index in [0.717, 1.165) is 10.6 Å². The Bertz CT molecular complexity index is 1020. The molecule has 4 nitrogen and oxygen atoms in total. The second-order valence-corrected chi connectivity index (χ2v) is 6.39. The summed E-state index contributed by atoms with van der Waals surface area (Å²) in [6, 6.07) is 12.5. The van der Waals surface area contributed by atoms with E-state index in [-0.39, 0.29) is 5.82 Å². The van der Waals surface area contributed by atoms with Crippen molar-refractivity contribution in [3.05, 3.63) is 59.4 Å². The third kappa shape index (κ3) is 2.41. The number of aromatic nitrogens is 4. The minimum absolute atomic E-state index is 0.302. The standard InChI is InChI=1S/C17H13FN4S/c1-10-6-7-13(8-11(10)2)16-21-22-15(19-20-17(22)23-16)12-4-3-5-14(18)9-12/h3-9H,1-2H3. The Morgan fingerprint density at radius 2 is 1.83 bits per heavy atom. The molecule has 0 amide bonds. The van der Waals surface area contributed by atoms with Crippen molar-refractivity contribution < 1.29 is 4.39 Å². The molecule has 0 saturated carbocycles. The first-order valence-corrected chi connectivity index (χ1v) is 7.99. The van der Waals surface area contributed by atoms with Gasteiger partial charge >= 0.3 is 0 Å². The van der Waals surface area contributed by atoms with E-state index in [9.17, 15) is 4.39 Å². The summed E-state index contributed by atoms with van der Waals surface area (Å²) in [4.78, 5) is 0.692. The molecule has 0 unspecified atom stereocenters. The maximum Gasteiger partial charge on any atom is 0.235 e. The Labute approximate surface area is 136 Å². The lowest BCUT2D eigenvalue weighted by Crippen LogP contribution is -1.92. The fourth-order valence-corrected chi connectivity index (χ4v) is 3.25. The summed E-state index contributed by atoms with van der Waals surface area (Å²) in [5.74, 6) is 0.245. The van der Waals surface area contributed by atoms with Crippen LogP contribution < -0.4 is 0 Å². The fourth-order valence-electron chi connectivity index (χ4n) is 2.42. The lowest BCUT2D eigenvalue weighted by atomic mass is 10.1. The maximum absolute atomic E-state index is 13.4. The van der Waals surface area contributed by atoms with Crippen molar-refractivity contribution in [2.75, 3.05) is 0 Å². The molecule has 0 radical (unpaired) electrons. The maximum atomic E-state index is 13.4. The van der Waals surface area contributed by atoms with Gasteiger partial charge in [0.2, 0.25) is 4.96 Å². The van der Waals surface area contributed by atoms with E-state index in [1.807, 2.05) is 0 Å². The molecule has 114 valence electrons. The molecule has 0 N–H and O–H groups in total. The van der Waals surface area contributed by atoms with Crippen LogP contribution in [0.3, 0.4) is 0 Å². The van der Waals surface area contributed by atoms with Crippen molar-refractivity contribution in [1.29, 1.82) is 0 Å². The Hall–Kier alpha value is -2.60. The molecule has 0 atom stereocenters. The van der Waals surface area contributed by atoms with Gasteiger partial charge in [0.15, 0.2) is 5.82 Å². The van der Waals surface area contributed by atoms with Gasteiger partial charge in [0.1, 0.15) is 10.8 Å². The van der Waals surface area contributed by atoms with Crippen LogP contribution in [0.15, 0.2) is 42.5 Å². The highest BCUT2D eigenvalue weighted by molar-refractivity contribution is 7.19. The van der Waals surface area contributed by atoms with Crippen LogP contribution in [0.2, 0.25) is 0 Å². The zero-order valence-electron chi connectivity index (χ0n) is 12.6. The van der Waals surface area contributed by atoms with Crippen molar-refractivity contribution >= 4 is 16.3 Å². The highest BCUT2D eigenvalue weighted by Crippen LogP contribution is 2.29. The second-order valence-electron chi connectivity index (χ2n) is 5.43. The van der Waals surface area contributed by atoms with E-state index in [1.165, 1.54) is 34.6 Å². The Morgan fingerprint density at radius 1 is 0.957 bits per heavy atom. The van der Waals surface area contributed by atoms with Crippen molar-refractivity contribution in [1.82, 2.24) is 19.8 Å². The van der Waals surface area contributed by atoms with Crippen molar-refractivity contribution in [3.8, 4) is 22.0 Å². The van der Waals surface area contributed by atoms with Crippen LogP contribution in [0.5, 0.6) is 0 Å². The molecule has 0 aliphatic rings. The summed E-state index contributed by atoms with van der Waals surface area (Å²) in [7, 11) is 0. The van der Waals surface area contributed by atoms with Crippen LogP contribution in [-0.4, -0.2) is 19.8 Å². The first kappa shape index (κ1) is 14.0. The van der Waals surface area contributed by atoms with Crippen molar-refractivity contribution in [2.45, 2.75) is 13.8 Å². The number of nitrogens with zero attached hydrogens (tertiary/aromatic N) is 4. The molecule has 6 heteroatoms. The third-order valence-corrected chi connectivity index (χ3v) is 4.78. The number of fused-ring (bicyclic) bond motifs is 1. The van der Waals surface area contributed by atoms with E-state index in [2.05, 4.69) is 47.3 Å². The van der Waals surface area contributed by atoms with Crippen LogP contribution in [0.1, 0.15) is 11.1 Å². The molecule has 0 fully saturated rings. The summed E-state index contributed by atoms with van der Waals surface area (Å²) in [6.45, 7) is 4.16. The van der Waals surface area contributed by atoms with Crippen LogP contribution in [0.4, 0.5) is 4.39 Å². The summed E-state index contributed by atoms with van der Waals surface area (Å²) in [6.07, 6.45) is 0. The lowest BCUT2D eigenvalue weighted by Gasteiger charge is -2.01. The molecule has 0 saturated heterocycles. The van der Waals surface area contributed by atoms with Crippen LogP contribution >= 0.6 is 11.3 Å². The minimum atomic E-state index is -0.302. The van der Waals surface area contributed by atoms with E-state index in [0.29, 0.717) is 16.3 Å². The molecule has 0 bridgehead atoms. The highest BCUT2D eigenvalue weighted by Gasteiger charge is 2.15. The third-order valence-electron chi connectivity index (χ3n) is 3.83. The Balaban J connectivity index is 1.84. The van der Waals surface area contributed by atoms with Gasteiger partial charge in [0.05, 0.1) is 0 Å². The zero-order valence-corrected chi connectivity index (χ0v) is 13.4. The van der Waals surface area contributed by atoms with Gasteiger partial charge in [-0.2, -0.15) is 9.61 Å². The normalized spacial score (nSPS) is 11.3. The molecule has 2 aromatic carbocycles. The molecular formula is C17H13FN4S. The predicted molar refractivity (Wildman–Crippen MR) is 89.0 cm³/mol. The molecule has 0 aliphatic heterocycles. The van der Waals surface area contributed by atoms with Crippen LogP contribution in [0.25, 0.3) is 26.9 Å². The van der Waals surface area contributed by atoms with Gasteiger partial charge in [-0.05, 0) is 43.2 Å². The Kier molecular flexibility index (Phi) is 3.20. The number of hydrogen-bond acceptors (Lipinski definition) is 4. The fraction of sp³-hybridized carbons (Fsp3) is 0.118. The number of aryl methyl sites for hydroxylation is 2. The summed E-state index contributed by atoms with van der Waals surface area (Å²) in [5.41, 5.74) is 4.18. The van der Waals surface area contributed by atoms with Gasteiger partial charge in [0, 0.05) is 11.1 Å². The number of rotatable bonds is 2. The smallest absolute Gasteiger partial charge is 0.207 e. The average Bonchev–Trinajstić information content (AvgIpc) is 3.10. The van der Waals surface area contributed by atoms with E-state index in [4.69, 9.17) is 0 Å². The predicted octanol–water partition coefficient (Wildman–Crippen LogP) is 4.28. The van der Waals surface area contributed by atoms with Crippen molar-refractivity contribution in [3.63, 3.8) is 0 Å². The number of halogens is 1. The SMILES string of the molecule is Cc1ccc(-c2nn3c(-c4cccc(F)c4)nnc3s2)cc1C. The van der Waals surface area contributed by atoms with Gasteiger partial charge in [0.25, 0.3) is 0 Å². The molecule has 23 heavy (non-hydrogen) atoms. The van der Waals surface area contributed by atoms with Gasteiger partial charge in [-0.3, -0.25) is 0 Å². The average molecular weight is 324 g/mol. The number of hydrogen-bond donors (Lipinski definition) is 0. The summed E-state index contributed by atoms with van der Waals surface area (Å²) in [5, 5.41) is 13.8. The lowest BCUT2D eigenvalue weighted by molar-refractivity contribution is 0.628. The second kappa shape index (κ2) is 5.24. The van der Waals surface area contributed by atoms with Gasteiger partial charge in [-0.1, -0.05) is 35.6 Å². The van der Waals surface area contributed by atoms with Gasteiger partial charge < -0.3 is 0 Å². The summed E-state index contributed by atoms with van der Waals surface area (Å²) < 4.78 is 15.1. The van der Waals surface area contributed by atoms with Gasteiger partial charge in [-0.15, -0.1) is 10.2 Å². The molecule has 4 aromatic rings. The zero-order chi connectivity index (χ0) is 16.0. The first-order chi connectivity index (χ1) is 11.1. The molecule has 4 rings (SSSR count). The first-order valence-electron chi connectivity index (χ1n) is 7.17.